The molecule has 0 unspecified atom stereocenters. The summed E-state index contributed by atoms with van der Waals surface area (Å²) in [4.78, 5) is 23.1. The molecular weight excluding hydrogens is 272 g/mol. The van der Waals surface area contributed by atoms with E-state index in [1.807, 2.05) is 6.92 Å². The van der Waals surface area contributed by atoms with Gasteiger partial charge in [0.1, 0.15) is 11.4 Å². The summed E-state index contributed by atoms with van der Waals surface area (Å²) in [6.45, 7) is 2.71. The maximum Gasteiger partial charge on any atom is 0.335 e. The number of nitrogens with one attached hydrogen (secondary N) is 1. The van der Waals surface area contributed by atoms with Crippen LogP contribution in [0.25, 0.3) is 0 Å². The molecular formula is C15H16N2O4. The zero-order valence-corrected chi connectivity index (χ0v) is 11.5. The zero-order chi connectivity index (χ0) is 15.4. The molecule has 1 aromatic carbocycles. The third-order valence-electron chi connectivity index (χ3n) is 3.02. The minimum atomic E-state index is -1.13. The second-order valence-electron chi connectivity index (χ2n) is 4.58. The third-order valence-corrected chi connectivity index (χ3v) is 3.02. The summed E-state index contributed by atoms with van der Waals surface area (Å²) in [5.74, 6) is -1.70. The molecule has 0 aliphatic rings. The minimum absolute atomic E-state index is 0.00737. The first kappa shape index (κ1) is 14.6. The van der Waals surface area contributed by atoms with E-state index in [1.54, 1.807) is 22.9 Å². The monoisotopic (exact) mass is 288 g/mol. The average molecular weight is 288 g/mol. The van der Waals surface area contributed by atoms with Crippen LogP contribution in [-0.4, -0.2) is 26.7 Å². The molecule has 2 aromatic rings. The van der Waals surface area contributed by atoms with Gasteiger partial charge < -0.3 is 20.1 Å². The number of rotatable bonds is 5. The van der Waals surface area contributed by atoms with Gasteiger partial charge >= 0.3 is 5.97 Å². The van der Waals surface area contributed by atoms with Crippen molar-refractivity contribution in [2.45, 2.75) is 19.9 Å². The molecule has 0 atom stereocenters. The van der Waals surface area contributed by atoms with E-state index >= 15 is 0 Å². The van der Waals surface area contributed by atoms with Crippen LogP contribution < -0.4 is 5.32 Å². The van der Waals surface area contributed by atoms with Crippen molar-refractivity contribution in [1.29, 1.82) is 0 Å². The SMILES string of the molecule is CCCn1cccc1C(=O)Nc1cc(C(=O)O)ccc1O. The first-order chi connectivity index (χ1) is 10.0. The Balaban J connectivity index is 2.25. The second-order valence-corrected chi connectivity index (χ2v) is 4.58. The van der Waals surface area contributed by atoms with Crippen molar-refractivity contribution >= 4 is 17.6 Å². The molecule has 0 bridgehead atoms. The Morgan fingerprint density at radius 2 is 2.05 bits per heavy atom. The van der Waals surface area contributed by atoms with Crippen LogP contribution in [0.5, 0.6) is 5.75 Å². The van der Waals surface area contributed by atoms with Crippen LogP contribution in [0.4, 0.5) is 5.69 Å². The molecule has 3 N–H and O–H groups in total. The van der Waals surface area contributed by atoms with Gasteiger partial charge in [0.2, 0.25) is 0 Å². The summed E-state index contributed by atoms with van der Waals surface area (Å²) in [7, 11) is 0. The van der Waals surface area contributed by atoms with Gasteiger partial charge in [-0.3, -0.25) is 4.79 Å². The normalized spacial score (nSPS) is 10.3. The van der Waals surface area contributed by atoms with Gasteiger partial charge in [0.25, 0.3) is 5.91 Å². The minimum Gasteiger partial charge on any atom is -0.506 e. The predicted octanol–water partition coefficient (Wildman–Crippen LogP) is 2.55. The number of benzene rings is 1. The molecule has 6 heteroatoms. The summed E-state index contributed by atoms with van der Waals surface area (Å²) < 4.78 is 1.80. The number of carboxylic acid groups (broad SMARTS) is 1. The Morgan fingerprint density at radius 3 is 2.71 bits per heavy atom. The quantitative estimate of drug-likeness (QED) is 0.737. The first-order valence-corrected chi connectivity index (χ1v) is 6.55. The number of nitrogens with zero attached hydrogens (tertiary/aromatic N) is 1. The number of aryl methyl sites for hydroxylation is 1. The fraction of sp³-hybridized carbons (Fsp3) is 0.200. The lowest BCUT2D eigenvalue weighted by Gasteiger charge is -2.10. The average Bonchev–Trinajstić information content (AvgIpc) is 2.89. The summed E-state index contributed by atoms with van der Waals surface area (Å²) in [5.41, 5.74) is 0.521. The summed E-state index contributed by atoms with van der Waals surface area (Å²) >= 11 is 0. The topological polar surface area (TPSA) is 91.6 Å². The molecule has 0 fully saturated rings. The molecule has 0 saturated heterocycles. The molecule has 21 heavy (non-hydrogen) atoms. The molecule has 2 rings (SSSR count). The lowest BCUT2D eigenvalue weighted by molar-refractivity contribution is 0.0696. The lowest BCUT2D eigenvalue weighted by Crippen LogP contribution is -2.17. The highest BCUT2D eigenvalue weighted by Crippen LogP contribution is 2.25. The smallest absolute Gasteiger partial charge is 0.335 e. The van der Waals surface area contributed by atoms with Gasteiger partial charge in [-0.15, -0.1) is 0 Å². The number of carboxylic acids is 1. The van der Waals surface area contributed by atoms with Gasteiger partial charge in [-0.1, -0.05) is 6.92 Å². The summed E-state index contributed by atoms with van der Waals surface area (Å²) in [5, 5.41) is 21.2. The largest absolute Gasteiger partial charge is 0.506 e. The molecule has 0 radical (unpaired) electrons. The molecule has 1 aromatic heterocycles. The molecule has 110 valence electrons. The van der Waals surface area contributed by atoms with Crippen LogP contribution in [0.1, 0.15) is 34.2 Å². The summed E-state index contributed by atoms with van der Waals surface area (Å²) in [6.07, 6.45) is 2.68. The van der Waals surface area contributed by atoms with E-state index < -0.39 is 11.9 Å². The van der Waals surface area contributed by atoms with E-state index in [0.717, 1.165) is 6.42 Å². The Morgan fingerprint density at radius 1 is 1.29 bits per heavy atom. The number of amides is 1. The van der Waals surface area contributed by atoms with Gasteiger partial charge in [-0.25, -0.2) is 4.79 Å². The number of phenols is 1. The van der Waals surface area contributed by atoms with E-state index in [4.69, 9.17) is 5.11 Å². The highest BCUT2D eigenvalue weighted by atomic mass is 16.4. The Kier molecular flexibility index (Phi) is 4.27. The van der Waals surface area contributed by atoms with E-state index in [-0.39, 0.29) is 17.0 Å². The van der Waals surface area contributed by atoms with E-state index in [1.165, 1.54) is 18.2 Å². The first-order valence-electron chi connectivity index (χ1n) is 6.55. The molecule has 0 spiro atoms. The fourth-order valence-electron chi connectivity index (χ4n) is 2.01. The lowest BCUT2D eigenvalue weighted by atomic mass is 10.2. The number of hydrogen-bond acceptors (Lipinski definition) is 3. The number of phenolic OH excluding ortho intramolecular Hbond substituents is 1. The van der Waals surface area contributed by atoms with Crippen molar-refractivity contribution < 1.29 is 19.8 Å². The van der Waals surface area contributed by atoms with Gasteiger partial charge in [0, 0.05) is 12.7 Å². The number of carbonyl (C=O) groups excluding carboxylic acids is 1. The van der Waals surface area contributed by atoms with Crippen LogP contribution in [0.3, 0.4) is 0 Å². The van der Waals surface area contributed by atoms with Crippen LogP contribution in [0.2, 0.25) is 0 Å². The summed E-state index contributed by atoms with van der Waals surface area (Å²) in [6, 6.07) is 7.17. The molecule has 1 heterocycles. The van der Waals surface area contributed by atoms with E-state index in [0.29, 0.717) is 12.2 Å². The number of aromatic nitrogens is 1. The number of aromatic carboxylic acids is 1. The maximum atomic E-state index is 12.2. The van der Waals surface area contributed by atoms with Crippen molar-refractivity contribution in [1.82, 2.24) is 4.57 Å². The second kappa shape index (κ2) is 6.13. The highest BCUT2D eigenvalue weighted by Gasteiger charge is 2.14. The van der Waals surface area contributed by atoms with E-state index in [2.05, 4.69) is 5.32 Å². The third kappa shape index (κ3) is 3.22. The fourth-order valence-corrected chi connectivity index (χ4v) is 2.01. The van der Waals surface area contributed by atoms with Gasteiger partial charge in [0.05, 0.1) is 11.3 Å². The van der Waals surface area contributed by atoms with Crippen LogP contribution >= 0.6 is 0 Å². The van der Waals surface area contributed by atoms with Gasteiger partial charge in [-0.2, -0.15) is 0 Å². The Bertz CT molecular complexity index is 676. The Labute approximate surface area is 121 Å². The van der Waals surface area contributed by atoms with Crippen molar-refractivity contribution in [3.05, 3.63) is 47.8 Å². The zero-order valence-electron chi connectivity index (χ0n) is 11.5. The van der Waals surface area contributed by atoms with Gasteiger partial charge in [-0.05, 0) is 36.8 Å². The van der Waals surface area contributed by atoms with Crippen LogP contribution in [0, 0.1) is 0 Å². The molecule has 1 amide bonds. The van der Waals surface area contributed by atoms with Gasteiger partial charge in [0.15, 0.2) is 0 Å². The van der Waals surface area contributed by atoms with E-state index in [9.17, 15) is 14.7 Å². The number of carbonyl (C=O) groups is 2. The number of anilines is 1. The van der Waals surface area contributed by atoms with Crippen LogP contribution in [-0.2, 0) is 6.54 Å². The Hall–Kier alpha value is -2.76. The maximum absolute atomic E-state index is 12.2. The predicted molar refractivity (Wildman–Crippen MR) is 77.7 cm³/mol. The van der Waals surface area contributed by atoms with Crippen molar-refractivity contribution in [2.75, 3.05) is 5.32 Å². The van der Waals surface area contributed by atoms with Crippen LogP contribution in [0.15, 0.2) is 36.5 Å². The standard InChI is InChI=1S/C15H16N2O4/c1-2-7-17-8-3-4-12(17)14(19)16-11-9-10(15(20)21)5-6-13(11)18/h3-6,8-9,18H,2,7H2,1H3,(H,16,19)(H,20,21). The highest BCUT2D eigenvalue weighted by molar-refractivity contribution is 6.04. The van der Waals surface area contributed by atoms with Crippen molar-refractivity contribution in [3.63, 3.8) is 0 Å². The number of aromatic hydroxyl groups is 1. The van der Waals surface area contributed by atoms with Crippen molar-refractivity contribution in [2.24, 2.45) is 0 Å². The van der Waals surface area contributed by atoms with Crippen molar-refractivity contribution in [3.8, 4) is 5.75 Å². The molecule has 0 aliphatic heterocycles. The number of hydrogen-bond donors (Lipinski definition) is 3. The molecule has 0 saturated carbocycles. The molecule has 6 nitrogen and oxygen atoms in total. The molecule has 0 aliphatic carbocycles.